The van der Waals surface area contributed by atoms with Crippen molar-refractivity contribution < 1.29 is 17.9 Å². The van der Waals surface area contributed by atoms with Crippen LogP contribution in [-0.4, -0.2) is 36.9 Å². The fraction of sp³-hybridized carbons (Fsp3) is 0.308. The van der Waals surface area contributed by atoms with Gasteiger partial charge >= 0.3 is 0 Å². The second-order valence-electron chi connectivity index (χ2n) is 4.81. The van der Waals surface area contributed by atoms with Gasteiger partial charge in [0.25, 0.3) is 5.91 Å². The molecule has 1 heterocycles. The van der Waals surface area contributed by atoms with Gasteiger partial charge in [0.05, 0.1) is 0 Å². The van der Waals surface area contributed by atoms with Crippen molar-refractivity contribution in [1.82, 2.24) is 10.2 Å². The molecule has 0 bridgehead atoms. The largest absolute Gasteiger partial charge is 0.481 e. The highest BCUT2D eigenvalue weighted by Gasteiger charge is 2.19. The Labute approximate surface area is 142 Å². The third-order valence-corrected chi connectivity index (χ3v) is 5.70. The molecule has 1 N–H and O–H groups in total. The summed E-state index contributed by atoms with van der Waals surface area (Å²) in [5.74, 6) is 0.0393. The van der Waals surface area contributed by atoms with E-state index in [1.807, 2.05) is 6.92 Å². The van der Waals surface area contributed by atoms with Gasteiger partial charge in [0.15, 0.2) is 6.10 Å². The van der Waals surface area contributed by atoms with Crippen LogP contribution in [0.25, 0.3) is 0 Å². The van der Waals surface area contributed by atoms with E-state index < -0.39 is 21.8 Å². The fourth-order valence-electron chi connectivity index (χ4n) is 1.57. The number of sulfone groups is 1. The smallest absolute Gasteiger partial charge is 0.266 e. The van der Waals surface area contributed by atoms with Crippen LogP contribution in [0.2, 0.25) is 5.02 Å². The molecule has 0 saturated heterocycles. The number of benzene rings is 1. The third-order valence-electron chi connectivity index (χ3n) is 2.77. The van der Waals surface area contributed by atoms with Crippen LogP contribution in [0, 0.1) is 6.92 Å². The van der Waals surface area contributed by atoms with Crippen LogP contribution in [0.5, 0.6) is 5.75 Å². The Bertz CT molecular complexity index is 835. The van der Waals surface area contributed by atoms with Crippen LogP contribution in [-0.2, 0) is 14.6 Å². The molecule has 124 valence electrons. The average Bonchev–Trinajstić information content (AvgIpc) is 2.91. The van der Waals surface area contributed by atoms with Crippen LogP contribution >= 0.6 is 22.9 Å². The van der Waals surface area contributed by atoms with E-state index in [1.54, 1.807) is 25.1 Å². The van der Waals surface area contributed by atoms with Crippen molar-refractivity contribution in [2.75, 3.05) is 11.6 Å². The van der Waals surface area contributed by atoms with Gasteiger partial charge in [0, 0.05) is 11.3 Å². The summed E-state index contributed by atoms with van der Waals surface area (Å²) in [7, 11) is -3.45. The number of hydrogen-bond acceptors (Lipinski definition) is 7. The maximum absolute atomic E-state index is 12.1. The second-order valence-corrected chi connectivity index (χ2v) is 8.38. The number of carbonyl (C=O) groups excluding carboxylic acids is 1. The van der Waals surface area contributed by atoms with E-state index in [4.69, 9.17) is 16.3 Å². The summed E-state index contributed by atoms with van der Waals surface area (Å²) in [5.41, 5.74) is 0.832. The molecule has 7 nitrogen and oxygen atoms in total. The van der Waals surface area contributed by atoms with Gasteiger partial charge in [-0.1, -0.05) is 22.9 Å². The lowest BCUT2D eigenvalue weighted by Crippen LogP contribution is -2.30. The number of hydrogen-bond donors (Lipinski definition) is 1. The Hall–Kier alpha value is -1.71. The molecular weight excluding hydrogens is 362 g/mol. The minimum absolute atomic E-state index is 0.0955. The van der Waals surface area contributed by atoms with E-state index in [9.17, 15) is 13.2 Å². The van der Waals surface area contributed by atoms with Crippen molar-refractivity contribution in [1.29, 1.82) is 0 Å². The van der Waals surface area contributed by atoms with Crippen molar-refractivity contribution in [3.63, 3.8) is 0 Å². The number of nitrogens with zero attached hydrogens (tertiary/aromatic N) is 2. The van der Waals surface area contributed by atoms with E-state index in [-0.39, 0.29) is 9.47 Å². The fourth-order valence-corrected chi connectivity index (χ4v) is 3.19. The Morgan fingerprint density at radius 3 is 2.65 bits per heavy atom. The normalized spacial score (nSPS) is 12.7. The highest BCUT2D eigenvalue weighted by atomic mass is 35.5. The maximum Gasteiger partial charge on any atom is 0.266 e. The van der Waals surface area contributed by atoms with Crippen LogP contribution in [0.1, 0.15) is 12.5 Å². The monoisotopic (exact) mass is 375 g/mol. The molecule has 0 fully saturated rings. The molecule has 1 aromatic heterocycles. The van der Waals surface area contributed by atoms with Crippen molar-refractivity contribution in [3.8, 4) is 5.75 Å². The molecule has 0 spiro atoms. The maximum atomic E-state index is 12.1. The number of aryl methyl sites for hydroxylation is 1. The molecule has 0 aliphatic heterocycles. The van der Waals surface area contributed by atoms with Crippen molar-refractivity contribution in [2.24, 2.45) is 0 Å². The Morgan fingerprint density at radius 2 is 2.09 bits per heavy atom. The highest BCUT2D eigenvalue weighted by Crippen LogP contribution is 2.23. The first-order valence-corrected chi connectivity index (χ1v) is 9.52. The van der Waals surface area contributed by atoms with Crippen LogP contribution in [0.4, 0.5) is 5.13 Å². The zero-order valence-electron chi connectivity index (χ0n) is 12.5. The molecule has 1 aromatic carbocycles. The standard InChI is InChI=1S/C13H14ClN3O4S2/c1-7-6-9(4-5-10(7)14)21-8(2)11(18)15-12-16-17-13(22-12)23(3,19)20/h4-6,8H,1-3H3,(H,15,16,18). The van der Waals surface area contributed by atoms with Crippen LogP contribution < -0.4 is 10.1 Å². The zero-order chi connectivity index (χ0) is 17.2. The number of halogens is 1. The first kappa shape index (κ1) is 17.6. The van der Waals surface area contributed by atoms with Crippen molar-refractivity contribution in [3.05, 3.63) is 28.8 Å². The third kappa shape index (κ3) is 4.63. The predicted octanol–water partition coefficient (Wildman–Crippen LogP) is 2.31. The number of carbonyl (C=O) groups is 1. The molecule has 0 radical (unpaired) electrons. The molecule has 0 aliphatic carbocycles. The van der Waals surface area contributed by atoms with Gasteiger partial charge < -0.3 is 4.74 Å². The number of amides is 1. The minimum atomic E-state index is -3.45. The minimum Gasteiger partial charge on any atom is -0.481 e. The van der Waals surface area contributed by atoms with Gasteiger partial charge in [-0.3, -0.25) is 10.1 Å². The van der Waals surface area contributed by atoms with E-state index >= 15 is 0 Å². The highest BCUT2D eigenvalue weighted by molar-refractivity contribution is 7.92. The summed E-state index contributed by atoms with van der Waals surface area (Å²) < 4.78 is 28.0. The second kappa shape index (κ2) is 6.81. The quantitative estimate of drug-likeness (QED) is 0.805. The summed E-state index contributed by atoms with van der Waals surface area (Å²) in [6.45, 7) is 3.39. The van der Waals surface area contributed by atoms with Gasteiger partial charge in [-0.2, -0.15) is 0 Å². The SMILES string of the molecule is Cc1cc(OC(C)C(=O)Nc2nnc(S(C)(=O)=O)s2)ccc1Cl. The molecule has 0 saturated carbocycles. The van der Waals surface area contributed by atoms with Crippen molar-refractivity contribution in [2.45, 2.75) is 24.3 Å². The first-order chi connectivity index (χ1) is 10.7. The Morgan fingerprint density at radius 1 is 1.39 bits per heavy atom. The summed E-state index contributed by atoms with van der Waals surface area (Å²) in [6.07, 6.45) is 0.217. The predicted molar refractivity (Wildman–Crippen MR) is 87.9 cm³/mol. The van der Waals surface area contributed by atoms with Gasteiger partial charge in [-0.15, -0.1) is 10.2 Å². The lowest BCUT2D eigenvalue weighted by atomic mass is 10.2. The summed E-state index contributed by atoms with van der Waals surface area (Å²) in [6, 6.07) is 5.06. The molecule has 10 heteroatoms. The van der Waals surface area contributed by atoms with Crippen LogP contribution in [0.3, 0.4) is 0 Å². The molecule has 1 unspecified atom stereocenters. The summed E-state index contributed by atoms with van der Waals surface area (Å²) in [5, 5.41) is 10.3. The molecule has 1 amide bonds. The van der Waals surface area contributed by atoms with Gasteiger partial charge in [0.2, 0.25) is 19.3 Å². The van der Waals surface area contributed by atoms with Crippen molar-refractivity contribution >= 4 is 43.8 Å². The number of anilines is 1. The number of rotatable bonds is 5. The number of aromatic nitrogens is 2. The lowest BCUT2D eigenvalue weighted by molar-refractivity contribution is -0.122. The topological polar surface area (TPSA) is 98.2 Å². The number of ether oxygens (including phenoxy) is 1. The van der Waals surface area contributed by atoms with E-state index in [2.05, 4.69) is 15.5 Å². The molecule has 2 aromatic rings. The Kier molecular flexibility index (Phi) is 5.23. The molecule has 23 heavy (non-hydrogen) atoms. The Balaban J connectivity index is 2.02. The van der Waals surface area contributed by atoms with E-state index in [0.717, 1.165) is 23.2 Å². The van der Waals surface area contributed by atoms with Gasteiger partial charge in [0.1, 0.15) is 5.75 Å². The molecule has 1 atom stereocenters. The molecule has 2 rings (SSSR count). The number of nitrogens with one attached hydrogen (secondary N) is 1. The van der Waals surface area contributed by atoms with E-state index in [1.165, 1.54) is 0 Å². The molecular formula is C13H14ClN3O4S2. The first-order valence-electron chi connectivity index (χ1n) is 6.44. The van der Waals surface area contributed by atoms with E-state index in [0.29, 0.717) is 10.8 Å². The zero-order valence-corrected chi connectivity index (χ0v) is 14.9. The van der Waals surface area contributed by atoms with Gasteiger partial charge in [-0.25, -0.2) is 8.42 Å². The summed E-state index contributed by atoms with van der Waals surface area (Å²) >= 11 is 6.71. The van der Waals surface area contributed by atoms with Gasteiger partial charge in [-0.05, 0) is 37.6 Å². The summed E-state index contributed by atoms with van der Waals surface area (Å²) in [4.78, 5) is 12.1. The van der Waals surface area contributed by atoms with Crippen LogP contribution in [0.15, 0.2) is 22.5 Å². The lowest BCUT2D eigenvalue weighted by Gasteiger charge is -2.14. The average molecular weight is 376 g/mol. The molecule has 0 aliphatic rings.